The lowest BCUT2D eigenvalue weighted by Gasteiger charge is -2.29. The molecular weight excluding hydrogens is 330 g/mol. The minimum Gasteiger partial charge on any atom is -0.322 e. The van der Waals surface area contributed by atoms with Gasteiger partial charge in [0.15, 0.2) is 0 Å². The van der Waals surface area contributed by atoms with Crippen LogP contribution in [0.2, 0.25) is 0 Å². The van der Waals surface area contributed by atoms with Crippen LogP contribution in [0.15, 0.2) is 16.6 Å². The Labute approximate surface area is 124 Å². The summed E-state index contributed by atoms with van der Waals surface area (Å²) in [6.45, 7) is 0. The molecule has 20 heavy (non-hydrogen) atoms. The van der Waals surface area contributed by atoms with Crippen LogP contribution in [0.25, 0.3) is 0 Å². The molecule has 1 saturated carbocycles. The van der Waals surface area contributed by atoms with Crippen LogP contribution in [0.5, 0.6) is 0 Å². The number of carbonyl (C=O) groups is 1. The summed E-state index contributed by atoms with van der Waals surface area (Å²) in [5.41, 5.74) is -1.37. The van der Waals surface area contributed by atoms with E-state index in [9.17, 15) is 18.8 Å². The third kappa shape index (κ3) is 2.83. The zero-order valence-corrected chi connectivity index (χ0v) is 12.3. The molecule has 0 aliphatic heterocycles. The molecule has 0 saturated heterocycles. The first-order chi connectivity index (χ1) is 9.48. The van der Waals surface area contributed by atoms with Crippen LogP contribution in [-0.2, 0) is 4.79 Å². The topological polar surface area (TPSA) is 52.9 Å². The second-order valence-corrected chi connectivity index (χ2v) is 5.81. The van der Waals surface area contributed by atoms with Crippen molar-refractivity contribution in [2.24, 2.45) is 5.41 Å². The summed E-state index contributed by atoms with van der Waals surface area (Å²) in [5, 5.41) is 11.6. The highest BCUT2D eigenvalue weighted by Gasteiger charge is 2.40. The minimum atomic E-state index is -1.13. The molecule has 0 aromatic heterocycles. The van der Waals surface area contributed by atoms with Gasteiger partial charge in [0.1, 0.15) is 17.0 Å². The van der Waals surface area contributed by atoms with Crippen molar-refractivity contribution < 1.29 is 13.6 Å². The monoisotopic (exact) mass is 342 g/mol. The summed E-state index contributed by atoms with van der Waals surface area (Å²) in [5.74, 6) is -1.97. The standard InChI is InChI=1S/C14H13BrF2N2O/c15-9-6-11(17)12(7-10(9)16)19-13(20)14(8-18)4-2-1-3-5-14/h6-7H,1-5H2,(H,19,20). The number of anilines is 1. The molecule has 1 aliphatic carbocycles. The number of nitriles is 1. The van der Waals surface area contributed by atoms with Crippen molar-refractivity contribution in [3.63, 3.8) is 0 Å². The largest absolute Gasteiger partial charge is 0.322 e. The molecule has 0 unspecified atom stereocenters. The fourth-order valence-electron chi connectivity index (χ4n) is 2.41. The first-order valence-electron chi connectivity index (χ1n) is 6.36. The quantitative estimate of drug-likeness (QED) is 0.821. The lowest BCUT2D eigenvalue weighted by atomic mass is 9.74. The Hall–Kier alpha value is -1.48. The van der Waals surface area contributed by atoms with Gasteiger partial charge in [0.05, 0.1) is 16.2 Å². The number of amides is 1. The summed E-state index contributed by atoms with van der Waals surface area (Å²) in [7, 11) is 0. The average molecular weight is 343 g/mol. The van der Waals surface area contributed by atoms with E-state index in [0.717, 1.165) is 31.4 Å². The van der Waals surface area contributed by atoms with Crippen molar-refractivity contribution in [3.8, 4) is 6.07 Å². The van der Waals surface area contributed by atoms with Crippen LogP contribution in [0.4, 0.5) is 14.5 Å². The van der Waals surface area contributed by atoms with E-state index in [2.05, 4.69) is 21.2 Å². The first kappa shape index (κ1) is 14.9. The van der Waals surface area contributed by atoms with Crippen molar-refractivity contribution in [1.29, 1.82) is 5.26 Å². The van der Waals surface area contributed by atoms with Gasteiger partial charge in [-0.25, -0.2) is 8.78 Å². The van der Waals surface area contributed by atoms with Crippen LogP contribution in [-0.4, -0.2) is 5.91 Å². The van der Waals surface area contributed by atoms with Crippen molar-refractivity contribution in [3.05, 3.63) is 28.2 Å². The predicted molar refractivity (Wildman–Crippen MR) is 73.8 cm³/mol. The number of carbonyl (C=O) groups excluding carboxylic acids is 1. The molecule has 0 bridgehead atoms. The van der Waals surface area contributed by atoms with Crippen molar-refractivity contribution in [1.82, 2.24) is 0 Å². The van der Waals surface area contributed by atoms with Gasteiger partial charge in [-0.3, -0.25) is 4.79 Å². The maximum absolute atomic E-state index is 13.7. The van der Waals surface area contributed by atoms with Crippen LogP contribution in [0, 0.1) is 28.4 Å². The molecule has 0 heterocycles. The Kier molecular flexibility index (Phi) is 4.39. The Bertz CT molecular complexity index is 577. The maximum atomic E-state index is 13.7. The van der Waals surface area contributed by atoms with Crippen LogP contribution in [0.1, 0.15) is 32.1 Å². The Morgan fingerprint density at radius 3 is 2.50 bits per heavy atom. The van der Waals surface area contributed by atoms with Gasteiger partial charge in [-0.2, -0.15) is 5.26 Å². The van der Waals surface area contributed by atoms with E-state index in [-0.39, 0.29) is 10.2 Å². The molecule has 1 amide bonds. The van der Waals surface area contributed by atoms with Gasteiger partial charge < -0.3 is 5.32 Å². The molecule has 1 aromatic rings. The Morgan fingerprint density at radius 1 is 1.25 bits per heavy atom. The molecule has 3 nitrogen and oxygen atoms in total. The highest BCUT2D eigenvalue weighted by Crippen LogP contribution is 2.37. The van der Waals surface area contributed by atoms with Gasteiger partial charge in [0.2, 0.25) is 5.91 Å². The average Bonchev–Trinajstić information content (AvgIpc) is 2.45. The fourth-order valence-corrected chi connectivity index (χ4v) is 2.72. The molecule has 106 valence electrons. The van der Waals surface area contributed by atoms with E-state index in [4.69, 9.17) is 0 Å². The number of rotatable bonds is 2. The predicted octanol–water partition coefficient (Wildman–Crippen LogP) is 4.14. The summed E-state index contributed by atoms with van der Waals surface area (Å²) >= 11 is 2.87. The van der Waals surface area contributed by atoms with Gasteiger partial charge in [-0.1, -0.05) is 19.3 Å². The first-order valence-corrected chi connectivity index (χ1v) is 7.15. The summed E-state index contributed by atoms with van der Waals surface area (Å²) in [4.78, 5) is 12.2. The molecule has 2 rings (SSSR count). The van der Waals surface area contributed by atoms with Crippen molar-refractivity contribution in [2.45, 2.75) is 32.1 Å². The number of nitrogens with one attached hydrogen (secondary N) is 1. The second kappa shape index (κ2) is 5.88. The van der Waals surface area contributed by atoms with E-state index in [1.54, 1.807) is 0 Å². The SMILES string of the molecule is N#CC1(C(=O)Nc2cc(F)c(Br)cc2F)CCCCC1. The number of hydrogen-bond acceptors (Lipinski definition) is 2. The number of halogens is 3. The van der Waals surface area contributed by atoms with Crippen LogP contribution >= 0.6 is 15.9 Å². The Balaban J connectivity index is 2.23. The van der Waals surface area contributed by atoms with Gasteiger partial charge >= 0.3 is 0 Å². The zero-order chi connectivity index (χ0) is 14.8. The van der Waals surface area contributed by atoms with E-state index in [0.29, 0.717) is 12.8 Å². The molecular formula is C14H13BrF2N2O. The minimum absolute atomic E-state index is 0.0133. The summed E-state index contributed by atoms with van der Waals surface area (Å²) < 4.78 is 27.1. The van der Waals surface area contributed by atoms with Crippen molar-refractivity contribution >= 4 is 27.5 Å². The summed E-state index contributed by atoms with van der Waals surface area (Å²) in [6, 6.07) is 3.90. The zero-order valence-electron chi connectivity index (χ0n) is 10.7. The number of nitrogens with zero attached hydrogens (tertiary/aromatic N) is 1. The highest BCUT2D eigenvalue weighted by atomic mass is 79.9. The lowest BCUT2D eigenvalue weighted by molar-refractivity contribution is -0.124. The smallest absolute Gasteiger partial charge is 0.244 e. The van der Waals surface area contributed by atoms with E-state index in [1.165, 1.54) is 0 Å². The molecule has 0 radical (unpaired) electrons. The molecule has 1 fully saturated rings. The van der Waals surface area contributed by atoms with Gasteiger partial charge in [-0.05, 0) is 34.8 Å². The maximum Gasteiger partial charge on any atom is 0.244 e. The Morgan fingerprint density at radius 2 is 1.90 bits per heavy atom. The third-order valence-corrected chi connectivity index (χ3v) is 4.22. The molecule has 1 aromatic carbocycles. The van der Waals surface area contributed by atoms with Gasteiger partial charge in [0, 0.05) is 6.07 Å². The summed E-state index contributed by atoms with van der Waals surface area (Å²) in [6.07, 6.45) is 3.47. The number of hydrogen-bond donors (Lipinski definition) is 1. The van der Waals surface area contributed by atoms with Crippen LogP contribution < -0.4 is 5.32 Å². The van der Waals surface area contributed by atoms with E-state index >= 15 is 0 Å². The normalized spacial score (nSPS) is 17.3. The molecule has 1 N–H and O–H groups in total. The van der Waals surface area contributed by atoms with E-state index in [1.807, 2.05) is 6.07 Å². The molecule has 6 heteroatoms. The highest BCUT2D eigenvalue weighted by molar-refractivity contribution is 9.10. The second-order valence-electron chi connectivity index (χ2n) is 4.95. The van der Waals surface area contributed by atoms with Crippen LogP contribution in [0.3, 0.4) is 0 Å². The molecule has 0 spiro atoms. The lowest BCUT2D eigenvalue weighted by Crippen LogP contribution is -2.37. The fraction of sp³-hybridized carbons (Fsp3) is 0.429. The third-order valence-electron chi connectivity index (χ3n) is 3.61. The van der Waals surface area contributed by atoms with E-state index < -0.39 is 23.0 Å². The molecule has 0 atom stereocenters. The molecule has 1 aliphatic rings. The number of benzene rings is 1. The van der Waals surface area contributed by atoms with Gasteiger partial charge in [0.25, 0.3) is 0 Å². The van der Waals surface area contributed by atoms with Crippen molar-refractivity contribution in [2.75, 3.05) is 5.32 Å². The van der Waals surface area contributed by atoms with Gasteiger partial charge in [-0.15, -0.1) is 0 Å².